The molecule has 0 aliphatic carbocycles. The molecule has 2 aromatic rings. The zero-order valence-electron chi connectivity index (χ0n) is 16.3. The Morgan fingerprint density at radius 3 is 2.69 bits per heavy atom. The zero-order valence-corrected chi connectivity index (χ0v) is 16.3. The lowest BCUT2D eigenvalue weighted by Gasteiger charge is -2.21. The van der Waals surface area contributed by atoms with Crippen LogP contribution in [0.15, 0.2) is 35.5 Å². The van der Waals surface area contributed by atoms with Crippen LogP contribution in [0.25, 0.3) is 10.9 Å². The van der Waals surface area contributed by atoms with E-state index in [1.165, 1.54) is 0 Å². The predicted octanol–water partition coefficient (Wildman–Crippen LogP) is 1.84. The molecule has 0 fully saturated rings. The topological polar surface area (TPSA) is 116 Å². The first kappa shape index (κ1) is 20.1. The number of pyridine rings is 1. The van der Waals surface area contributed by atoms with E-state index in [0.29, 0.717) is 11.4 Å². The summed E-state index contributed by atoms with van der Waals surface area (Å²) in [5.74, 6) is -0.561. The number of urea groups is 1. The van der Waals surface area contributed by atoms with Gasteiger partial charge in [0.15, 0.2) is 0 Å². The molecular weight excluding hydrogens is 378 g/mol. The molecule has 2 N–H and O–H groups in total. The normalized spacial score (nSPS) is 13.6. The maximum absolute atomic E-state index is 12.6. The third-order valence-corrected chi connectivity index (χ3v) is 4.36. The SMILES string of the molecule is CCOC(=O)C1=C(COC(=O)c2cc3cc(OC)ccc3nc2C)NC(=O)NC1. The number of methoxy groups -OCH3 is 1. The summed E-state index contributed by atoms with van der Waals surface area (Å²) in [6.45, 7) is 3.28. The van der Waals surface area contributed by atoms with E-state index in [0.717, 1.165) is 10.9 Å². The Kier molecular flexibility index (Phi) is 5.96. The van der Waals surface area contributed by atoms with Gasteiger partial charge in [0.25, 0.3) is 0 Å². The predicted molar refractivity (Wildman–Crippen MR) is 104 cm³/mol. The molecule has 0 bridgehead atoms. The van der Waals surface area contributed by atoms with Gasteiger partial charge < -0.3 is 24.8 Å². The molecule has 0 spiro atoms. The molecule has 0 saturated heterocycles. The number of hydrogen-bond acceptors (Lipinski definition) is 7. The highest BCUT2D eigenvalue weighted by molar-refractivity contribution is 5.96. The summed E-state index contributed by atoms with van der Waals surface area (Å²) in [5.41, 5.74) is 1.90. The number of aryl methyl sites for hydroxylation is 1. The third kappa shape index (κ3) is 4.45. The van der Waals surface area contributed by atoms with Crippen LogP contribution in [0.3, 0.4) is 0 Å². The molecule has 9 nitrogen and oxygen atoms in total. The monoisotopic (exact) mass is 399 g/mol. The highest BCUT2D eigenvalue weighted by Gasteiger charge is 2.25. The Bertz CT molecular complexity index is 1010. The number of rotatable bonds is 6. The summed E-state index contributed by atoms with van der Waals surface area (Å²) in [7, 11) is 1.56. The number of nitrogens with one attached hydrogen (secondary N) is 2. The Labute approximate surface area is 167 Å². The van der Waals surface area contributed by atoms with Gasteiger partial charge in [-0.1, -0.05) is 0 Å². The number of fused-ring (bicyclic) bond motifs is 1. The van der Waals surface area contributed by atoms with E-state index in [-0.39, 0.29) is 36.6 Å². The van der Waals surface area contributed by atoms with Crippen molar-refractivity contribution >= 4 is 28.9 Å². The second-order valence-electron chi connectivity index (χ2n) is 6.24. The second kappa shape index (κ2) is 8.59. The minimum Gasteiger partial charge on any atom is -0.497 e. The molecule has 2 amide bonds. The molecule has 0 saturated carbocycles. The number of amides is 2. The van der Waals surface area contributed by atoms with Gasteiger partial charge in [0.2, 0.25) is 0 Å². The van der Waals surface area contributed by atoms with Crippen LogP contribution >= 0.6 is 0 Å². The van der Waals surface area contributed by atoms with Gasteiger partial charge in [-0.25, -0.2) is 14.4 Å². The van der Waals surface area contributed by atoms with Crippen molar-refractivity contribution < 1.29 is 28.6 Å². The quantitative estimate of drug-likeness (QED) is 0.712. The fourth-order valence-corrected chi connectivity index (χ4v) is 2.87. The van der Waals surface area contributed by atoms with Gasteiger partial charge >= 0.3 is 18.0 Å². The average molecular weight is 399 g/mol. The lowest BCUT2D eigenvalue weighted by molar-refractivity contribution is -0.138. The van der Waals surface area contributed by atoms with Crippen LogP contribution in [0.5, 0.6) is 5.75 Å². The highest BCUT2D eigenvalue weighted by Crippen LogP contribution is 2.22. The first-order chi connectivity index (χ1) is 13.9. The van der Waals surface area contributed by atoms with Crippen LogP contribution < -0.4 is 15.4 Å². The minimum absolute atomic E-state index is 0.00605. The first-order valence-electron chi connectivity index (χ1n) is 8.99. The number of aromatic nitrogens is 1. The van der Waals surface area contributed by atoms with Crippen LogP contribution in [0.4, 0.5) is 4.79 Å². The lowest BCUT2D eigenvalue weighted by atomic mass is 10.1. The molecule has 3 rings (SSSR count). The second-order valence-corrected chi connectivity index (χ2v) is 6.24. The highest BCUT2D eigenvalue weighted by atomic mass is 16.5. The van der Waals surface area contributed by atoms with E-state index in [1.807, 2.05) is 0 Å². The van der Waals surface area contributed by atoms with Crippen LogP contribution in [0, 0.1) is 6.92 Å². The van der Waals surface area contributed by atoms with Crippen LogP contribution in [0.1, 0.15) is 23.0 Å². The smallest absolute Gasteiger partial charge is 0.340 e. The summed E-state index contributed by atoms with van der Waals surface area (Å²) < 4.78 is 15.5. The summed E-state index contributed by atoms with van der Waals surface area (Å²) >= 11 is 0. The molecule has 1 aliphatic heterocycles. The minimum atomic E-state index is -0.622. The molecule has 152 valence electrons. The molecule has 0 radical (unpaired) electrons. The number of esters is 2. The van der Waals surface area contributed by atoms with Crippen molar-refractivity contribution in [3.8, 4) is 5.75 Å². The maximum Gasteiger partial charge on any atom is 0.340 e. The molecule has 2 heterocycles. The molecule has 9 heteroatoms. The van der Waals surface area contributed by atoms with Gasteiger partial charge in [0.1, 0.15) is 12.4 Å². The van der Waals surface area contributed by atoms with E-state index >= 15 is 0 Å². The third-order valence-electron chi connectivity index (χ3n) is 4.36. The van der Waals surface area contributed by atoms with Gasteiger partial charge in [-0.05, 0) is 38.1 Å². The van der Waals surface area contributed by atoms with Crippen molar-refractivity contribution in [2.45, 2.75) is 13.8 Å². The van der Waals surface area contributed by atoms with Gasteiger partial charge in [-0.15, -0.1) is 0 Å². The number of carbonyl (C=O) groups excluding carboxylic acids is 3. The molecule has 1 aromatic carbocycles. The van der Waals surface area contributed by atoms with Crippen molar-refractivity contribution in [1.82, 2.24) is 15.6 Å². The summed E-state index contributed by atoms with van der Waals surface area (Å²) in [5, 5.41) is 5.71. The van der Waals surface area contributed by atoms with E-state index < -0.39 is 18.0 Å². The molecule has 0 unspecified atom stereocenters. The van der Waals surface area contributed by atoms with Crippen LogP contribution in [-0.4, -0.2) is 49.8 Å². The van der Waals surface area contributed by atoms with E-state index in [4.69, 9.17) is 14.2 Å². The Morgan fingerprint density at radius 2 is 1.97 bits per heavy atom. The van der Waals surface area contributed by atoms with Crippen molar-refractivity contribution in [1.29, 1.82) is 0 Å². The Hall–Kier alpha value is -3.62. The first-order valence-corrected chi connectivity index (χ1v) is 8.99. The molecule has 29 heavy (non-hydrogen) atoms. The Morgan fingerprint density at radius 1 is 1.17 bits per heavy atom. The van der Waals surface area contributed by atoms with Crippen molar-refractivity contribution in [3.63, 3.8) is 0 Å². The average Bonchev–Trinajstić information content (AvgIpc) is 2.71. The van der Waals surface area contributed by atoms with Gasteiger partial charge in [-0.2, -0.15) is 0 Å². The van der Waals surface area contributed by atoms with E-state index in [9.17, 15) is 14.4 Å². The largest absolute Gasteiger partial charge is 0.497 e. The molecule has 0 atom stereocenters. The van der Waals surface area contributed by atoms with Gasteiger partial charge in [0.05, 0.1) is 48.3 Å². The van der Waals surface area contributed by atoms with Crippen LogP contribution in [-0.2, 0) is 14.3 Å². The summed E-state index contributed by atoms with van der Waals surface area (Å²) in [6.07, 6.45) is 0. The maximum atomic E-state index is 12.6. The molecule has 1 aliphatic rings. The lowest BCUT2D eigenvalue weighted by Crippen LogP contribution is -2.45. The van der Waals surface area contributed by atoms with Gasteiger partial charge in [-0.3, -0.25) is 4.98 Å². The van der Waals surface area contributed by atoms with E-state index in [2.05, 4.69) is 15.6 Å². The van der Waals surface area contributed by atoms with Gasteiger partial charge in [0, 0.05) is 5.39 Å². The molecular formula is C20H21N3O6. The fraction of sp³-hybridized carbons (Fsp3) is 0.300. The van der Waals surface area contributed by atoms with Crippen molar-refractivity contribution in [2.75, 3.05) is 26.9 Å². The number of hydrogen-bond donors (Lipinski definition) is 2. The number of carbonyl (C=O) groups is 3. The zero-order chi connectivity index (χ0) is 21.0. The number of nitrogens with zero attached hydrogens (tertiary/aromatic N) is 1. The fourth-order valence-electron chi connectivity index (χ4n) is 2.87. The Balaban J connectivity index is 1.82. The van der Waals surface area contributed by atoms with Crippen molar-refractivity contribution in [2.24, 2.45) is 0 Å². The van der Waals surface area contributed by atoms with E-state index in [1.54, 1.807) is 45.2 Å². The summed E-state index contributed by atoms with van der Waals surface area (Å²) in [6, 6.07) is 6.55. The summed E-state index contributed by atoms with van der Waals surface area (Å²) in [4.78, 5) is 40.7. The van der Waals surface area contributed by atoms with Crippen LogP contribution in [0.2, 0.25) is 0 Å². The number of ether oxygens (including phenoxy) is 3. The standard InChI is InChI=1S/C20H21N3O6/c1-4-28-19(25)15-9-21-20(26)23-17(15)10-29-18(24)14-8-12-7-13(27-3)5-6-16(12)22-11(14)2/h5-8H,4,9-10H2,1-3H3,(H2,21,23,26). The van der Waals surface area contributed by atoms with Crippen molar-refractivity contribution in [3.05, 3.63) is 46.8 Å². The molecule has 1 aromatic heterocycles. The number of benzene rings is 1.